The molecular formula is C29H26N2O5. The molecule has 2 saturated heterocycles. The first-order valence-electron chi connectivity index (χ1n) is 12.7. The number of rotatable bonds is 4. The van der Waals surface area contributed by atoms with Crippen molar-refractivity contribution in [3.05, 3.63) is 66.2 Å². The Kier molecular flexibility index (Phi) is 4.56. The fraction of sp³-hybridized carbons (Fsp3) is 0.379. The molecule has 6 aliphatic rings. The third kappa shape index (κ3) is 3.11. The van der Waals surface area contributed by atoms with E-state index in [1.54, 1.807) is 29.2 Å². The molecule has 2 aromatic carbocycles. The first kappa shape index (κ1) is 21.5. The molecule has 182 valence electrons. The number of carbonyl (C=O) groups is 4. The zero-order chi connectivity index (χ0) is 24.7. The van der Waals surface area contributed by atoms with Crippen molar-refractivity contribution < 1.29 is 23.9 Å². The summed E-state index contributed by atoms with van der Waals surface area (Å²) in [6.45, 7) is 2.25. The molecular weight excluding hydrogens is 456 g/mol. The monoisotopic (exact) mass is 482 g/mol. The molecule has 7 heteroatoms. The number of imide groups is 1. The van der Waals surface area contributed by atoms with E-state index in [1.807, 2.05) is 31.2 Å². The topological polar surface area (TPSA) is 84.0 Å². The summed E-state index contributed by atoms with van der Waals surface area (Å²) in [5.74, 6) is -0.0387. The van der Waals surface area contributed by atoms with Crippen molar-refractivity contribution in [2.45, 2.75) is 19.8 Å². The lowest BCUT2D eigenvalue weighted by Gasteiger charge is -2.37. The normalized spacial score (nSPS) is 33.7. The van der Waals surface area contributed by atoms with Gasteiger partial charge in [-0.25, -0.2) is 0 Å². The molecule has 7 unspecified atom stereocenters. The maximum absolute atomic E-state index is 13.3. The van der Waals surface area contributed by atoms with Gasteiger partial charge in [-0.3, -0.25) is 24.1 Å². The lowest BCUT2D eigenvalue weighted by molar-refractivity contribution is -0.139. The van der Waals surface area contributed by atoms with E-state index in [0.717, 1.165) is 17.7 Å². The van der Waals surface area contributed by atoms with Gasteiger partial charge in [-0.2, -0.15) is 0 Å². The Hall–Kier alpha value is -3.74. The van der Waals surface area contributed by atoms with Crippen molar-refractivity contribution in [3.63, 3.8) is 0 Å². The Morgan fingerprint density at radius 1 is 0.833 bits per heavy atom. The van der Waals surface area contributed by atoms with Crippen LogP contribution in [0.1, 0.15) is 18.4 Å². The standard InChI is InChI=1S/C29H26N2O5/c1-15-2-4-17(5-3-15)30-14-16(12-24(30)32)29(35)36-19-8-6-18(7-9-19)31-27(33)25-20-10-11-21(23-13-22(20)23)26(25)28(31)34/h2-11,16,20-23,25-26H,12-14H2,1H3. The van der Waals surface area contributed by atoms with Crippen LogP contribution in [0.3, 0.4) is 0 Å². The second kappa shape index (κ2) is 7.63. The average Bonchev–Trinajstić information content (AvgIpc) is 3.56. The summed E-state index contributed by atoms with van der Waals surface area (Å²) in [4.78, 5) is 54.8. The lowest BCUT2D eigenvalue weighted by atomic mass is 9.63. The first-order chi connectivity index (χ1) is 17.4. The molecule has 2 aliphatic heterocycles. The molecule has 0 spiro atoms. The van der Waals surface area contributed by atoms with Gasteiger partial charge in [-0.15, -0.1) is 0 Å². The van der Waals surface area contributed by atoms with E-state index < -0.39 is 11.9 Å². The summed E-state index contributed by atoms with van der Waals surface area (Å²) in [7, 11) is 0. The van der Waals surface area contributed by atoms with E-state index in [4.69, 9.17) is 4.74 Å². The molecule has 2 bridgehead atoms. The molecule has 2 saturated carbocycles. The second-order valence-electron chi connectivity index (χ2n) is 10.8. The molecule has 0 aromatic heterocycles. The Bertz CT molecular complexity index is 1290. The minimum atomic E-state index is -0.558. The zero-order valence-corrected chi connectivity index (χ0v) is 19.9. The zero-order valence-electron chi connectivity index (χ0n) is 19.9. The Balaban J connectivity index is 1.03. The lowest BCUT2D eigenvalue weighted by Crippen LogP contribution is -2.40. The van der Waals surface area contributed by atoms with Crippen molar-refractivity contribution in [1.82, 2.24) is 0 Å². The van der Waals surface area contributed by atoms with Crippen LogP contribution in [0.15, 0.2) is 60.7 Å². The summed E-state index contributed by atoms with van der Waals surface area (Å²) >= 11 is 0. The summed E-state index contributed by atoms with van der Waals surface area (Å²) in [6.07, 6.45) is 5.55. The second-order valence-corrected chi connectivity index (χ2v) is 10.8. The van der Waals surface area contributed by atoms with Gasteiger partial charge >= 0.3 is 5.97 Å². The molecule has 0 N–H and O–H groups in total. The van der Waals surface area contributed by atoms with E-state index >= 15 is 0 Å². The number of ether oxygens (including phenoxy) is 1. The Labute approximate surface area is 208 Å². The van der Waals surface area contributed by atoms with Crippen LogP contribution in [0.5, 0.6) is 5.75 Å². The maximum Gasteiger partial charge on any atom is 0.316 e. The highest BCUT2D eigenvalue weighted by atomic mass is 16.5. The number of amides is 3. The van der Waals surface area contributed by atoms with Crippen LogP contribution in [-0.4, -0.2) is 30.2 Å². The van der Waals surface area contributed by atoms with Gasteiger partial charge in [0.05, 0.1) is 23.4 Å². The van der Waals surface area contributed by atoms with Crippen LogP contribution in [0.4, 0.5) is 11.4 Å². The highest BCUT2D eigenvalue weighted by Crippen LogP contribution is 2.65. The highest BCUT2D eigenvalue weighted by molar-refractivity contribution is 6.22. The summed E-state index contributed by atoms with van der Waals surface area (Å²) in [5, 5.41) is 0. The molecule has 8 rings (SSSR count). The van der Waals surface area contributed by atoms with Gasteiger partial charge in [0, 0.05) is 18.7 Å². The number of hydrogen-bond acceptors (Lipinski definition) is 5. The third-order valence-corrected chi connectivity index (χ3v) is 8.78. The average molecular weight is 483 g/mol. The fourth-order valence-corrected chi connectivity index (χ4v) is 6.91. The third-order valence-electron chi connectivity index (χ3n) is 8.78. The summed E-state index contributed by atoms with van der Waals surface area (Å²) in [6, 6.07) is 14.1. The van der Waals surface area contributed by atoms with Crippen LogP contribution in [0.25, 0.3) is 0 Å². The van der Waals surface area contributed by atoms with Gasteiger partial charge in [0.2, 0.25) is 17.7 Å². The number of anilines is 2. The van der Waals surface area contributed by atoms with Gasteiger partial charge in [0.25, 0.3) is 0 Å². The van der Waals surface area contributed by atoms with E-state index in [-0.39, 0.29) is 54.4 Å². The van der Waals surface area contributed by atoms with Crippen molar-refractivity contribution in [2.75, 3.05) is 16.3 Å². The summed E-state index contributed by atoms with van der Waals surface area (Å²) in [5.41, 5.74) is 2.38. The molecule has 36 heavy (non-hydrogen) atoms. The van der Waals surface area contributed by atoms with E-state index in [2.05, 4.69) is 12.2 Å². The number of nitrogens with zero attached hydrogens (tertiary/aromatic N) is 2. The molecule has 0 radical (unpaired) electrons. The molecule has 4 fully saturated rings. The van der Waals surface area contributed by atoms with E-state index in [9.17, 15) is 19.2 Å². The van der Waals surface area contributed by atoms with Crippen LogP contribution < -0.4 is 14.5 Å². The number of esters is 1. The predicted octanol–water partition coefficient (Wildman–Crippen LogP) is 3.51. The summed E-state index contributed by atoms with van der Waals surface area (Å²) < 4.78 is 5.56. The largest absolute Gasteiger partial charge is 0.426 e. The number of hydrogen-bond donors (Lipinski definition) is 0. The number of allylic oxidation sites excluding steroid dienone is 2. The molecule has 3 amide bonds. The smallest absolute Gasteiger partial charge is 0.316 e. The van der Waals surface area contributed by atoms with E-state index in [0.29, 0.717) is 23.3 Å². The number of benzene rings is 2. The van der Waals surface area contributed by atoms with E-state index in [1.165, 1.54) is 4.90 Å². The highest BCUT2D eigenvalue weighted by Gasteiger charge is 2.67. The van der Waals surface area contributed by atoms with Crippen molar-refractivity contribution >= 4 is 35.1 Å². The van der Waals surface area contributed by atoms with Crippen LogP contribution >= 0.6 is 0 Å². The minimum Gasteiger partial charge on any atom is -0.426 e. The number of aryl methyl sites for hydroxylation is 1. The molecule has 4 aliphatic carbocycles. The fourth-order valence-electron chi connectivity index (χ4n) is 6.91. The SMILES string of the molecule is Cc1ccc(N2CC(C(=O)Oc3ccc(N4C(=O)C5C6C=CC(C7CC67)C5C4=O)cc3)CC2=O)cc1. The van der Waals surface area contributed by atoms with Crippen LogP contribution in [0.2, 0.25) is 0 Å². The van der Waals surface area contributed by atoms with Gasteiger partial charge in [-0.05, 0) is 73.4 Å². The van der Waals surface area contributed by atoms with Crippen molar-refractivity contribution in [1.29, 1.82) is 0 Å². The quantitative estimate of drug-likeness (QED) is 0.288. The van der Waals surface area contributed by atoms with Gasteiger partial charge in [0.1, 0.15) is 5.75 Å². The van der Waals surface area contributed by atoms with Gasteiger partial charge < -0.3 is 9.64 Å². The first-order valence-corrected chi connectivity index (χ1v) is 12.7. The Morgan fingerprint density at radius 2 is 1.42 bits per heavy atom. The molecule has 2 heterocycles. The van der Waals surface area contributed by atoms with Crippen molar-refractivity contribution in [2.24, 2.45) is 41.4 Å². The molecule has 7 nitrogen and oxygen atoms in total. The van der Waals surface area contributed by atoms with Crippen LogP contribution in [-0.2, 0) is 19.2 Å². The number of carbonyl (C=O) groups excluding carboxylic acids is 4. The van der Waals surface area contributed by atoms with Gasteiger partial charge in [0.15, 0.2) is 0 Å². The van der Waals surface area contributed by atoms with Crippen LogP contribution in [0, 0.1) is 48.3 Å². The van der Waals surface area contributed by atoms with Crippen molar-refractivity contribution in [3.8, 4) is 5.75 Å². The van der Waals surface area contributed by atoms with Gasteiger partial charge in [-0.1, -0.05) is 29.8 Å². The maximum atomic E-state index is 13.3. The molecule has 2 aromatic rings. The molecule has 7 atom stereocenters. The Morgan fingerprint density at radius 3 is 2.03 bits per heavy atom. The minimum absolute atomic E-state index is 0.0999. The predicted molar refractivity (Wildman–Crippen MR) is 131 cm³/mol.